The van der Waals surface area contributed by atoms with Crippen LogP contribution < -0.4 is 10.2 Å². The third-order valence-electron chi connectivity index (χ3n) is 6.85. The molecular formula is C29H32FN3O2S. The fourth-order valence-electron chi connectivity index (χ4n) is 4.88. The summed E-state index contributed by atoms with van der Waals surface area (Å²) < 4.78 is 20.4. The number of thiophene rings is 1. The molecule has 5 nitrogen and oxygen atoms in total. The number of rotatable bonds is 8. The fourth-order valence-corrected chi connectivity index (χ4v) is 5.87. The van der Waals surface area contributed by atoms with E-state index < -0.39 is 0 Å². The van der Waals surface area contributed by atoms with E-state index in [-0.39, 0.29) is 11.7 Å². The van der Waals surface area contributed by atoms with Crippen LogP contribution >= 0.6 is 11.3 Å². The average Bonchev–Trinajstić information content (AvgIpc) is 3.40. The smallest absolute Gasteiger partial charge is 0.254 e. The van der Waals surface area contributed by atoms with E-state index in [0.717, 1.165) is 73.4 Å². The molecule has 0 atom stereocenters. The van der Waals surface area contributed by atoms with Gasteiger partial charge >= 0.3 is 0 Å². The first-order chi connectivity index (χ1) is 17.6. The zero-order valence-corrected chi connectivity index (χ0v) is 21.5. The first-order valence-electron chi connectivity index (χ1n) is 12.7. The van der Waals surface area contributed by atoms with E-state index in [4.69, 9.17) is 4.42 Å². The SMILES string of the molecule is Cc1oc(-c2ccccc2)cc1C(=O)NCCCCN1CCCN(c2csc3cc(F)ccc23)CC1. The lowest BCUT2D eigenvalue weighted by Crippen LogP contribution is -2.31. The molecule has 1 amide bonds. The lowest BCUT2D eigenvalue weighted by molar-refractivity contribution is 0.0951. The number of amides is 1. The summed E-state index contributed by atoms with van der Waals surface area (Å²) in [5.74, 6) is 1.11. The van der Waals surface area contributed by atoms with E-state index in [9.17, 15) is 9.18 Å². The minimum absolute atomic E-state index is 0.0771. The lowest BCUT2D eigenvalue weighted by Gasteiger charge is -2.23. The van der Waals surface area contributed by atoms with Crippen LogP contribution in [0.3, 0.4) is 0 Å². The van der Waals surface area contributed by atoms with Gasteiger partial charge in [0.15, 0.2) is 0 Å². The molecule has 188 valence electrons. The number of aryl methyl sites for hydroxylation is 1. The molecule has 1 N–H and O–H groups in total. The molecule has 1 saturated heterocycles. The average molecular weight is 506 g/mol. The van der Waals surface area contributed by atoms with Crippen LogP contribution in [0.4, 0.5) is 10.1 Å². The Kier molecular flexibility index (Phi) is 7.68. The van der Waals surface area contributed by atoms with E-state index in [2.05, 4.69) is 20.5 Å². The Hall–Kier alpha value is -3.16. The number of carbonyl (C=O) groups excluding carboxylic acids is 1. The Morgan fingerprint density at radius 2 is 1.92 bits per heavy atom. The molecule has 5 rings (SSSR count). The van der Waals surface area contributed by atoms with Gasteiger partial charge in [0.05, 0.1) is 11.3 Å². The van der Waals surface area contributed by atoms with Gasteiger partial charge in [0.2, 0.25) is 0 Å². The number of nitrogens with one attached hydrogen (secondary N) is 1. The Morgan fingerprint density at radius 1 is 1.06 bits per heavy atom. The highest BCUT2D eigenvalue weighted by Gasteiger charge is 2.18. The predicted molar refractivity (Wildman–Crippen MR) is 146 cm³/mol. The highest BCUT2D eigenvalue weighted by Crippen LogP contribution is 2.34. The van der Waals surface area contributed by atoms with Gasteiger partial charge in [-0.1, -0.05) is 30.3 Å². The van der Waals surface area contributed by atoms with Gasteiger partial charge in [0, 0.05) is 47.2 Å². The van der Waals surface area contributed by atoms with Crippen molar-refractivity contribution in [2.75, 3.05) is 44.2 Å². The van der Waals surface area contributed by atoms with E-state index in [1.165, 1.54) is 5.69 Å². The molecule has 1 aliphatic rings. The number of hydrogen-bond acceptors (Lipinski definition) is 5. The second-order valence-electron chi connectivity index (χ2n) is 9.35. The number of carbonyl (C=O) groups is 1. The van der Waals surface area contributed by atoms with E-state index in [1.54, 1.807) is 23.5 Å². The van der Waals surface area contributed by atoms with Crippen molar-refractivity contribution in [2.45, 2.75) is 26.2 Å². The molecule has 36 heavy (non-hydrogen) atoms. The van der Waals surface area contributed by atoms with Crippen LogP contribution in [0.25, 0.3) is 21.4 Å². The van der Waals surface area contributed by atoms with Crippen molar-refractivity contribution in [3.63, 3.8) is 0 Å². The van der Waals surface area contributed by atoms with E-state index in [0.29, 0.717) is 17.9 Å². The molecule has 0 bridgehead atoms. The number of hydrogen-bond donors (Lipinski definition) is 1. The second kappa shape index (κ2) is 11.3. The Bertz CT molecular complexity index is 1320. The highest BCUT2D eigenvalue weighted by atomic mass is 32.1. The summed E-state index contributed by atoms with van der Waals surface area (Å²) in [6.45, 7) is 7.61. The molecule has 2 aromatic heterocycles. The van der Waals surface area contributed by atoms with Gasteiger partial charge in [-0.2, -0.15) is 0 Å². The van der Waals surface area contributed by atoms with Crippen molar-refractivity contribution in [1.29, 1.82) is 0 Å². The minimum atomic E-state index is -0.175. The molecule has 0 spiro atoms. The van der Waals surface area contributed by atoms with Crippen LogP contribution in [0, 0.1) is 12.7 Å². The molecule has 0 saturated carbocycles. The summed E-state index contributed by atoms with van der Waals surface area (Å²) in [5.41, 5.74) is 2.80. The minimum Gasteiger partial charge on any atom is -0.461 e. The summed E-state index contributed by atoms with van der Waals surface area (Å²) in [4.78, 5) is 17.6. The standard InChI is InChI=1S/C29H32FN3O2S/c1-21-25(19-27(35-21)22-8-3-2-4-9-22)29(34)31-12-5-6-13-32-14-7-15-33(17-16-32)26-20-36-28-18-23(30)10-11-24(26)28/h2-4,8-11,18-20H,5-7,12-17H2,1H3,(H,31,34). The molecule has 0 radical (unpaired) electrons. The zero-order valence-electron chi connectivity index (χ0n) is 20.6. The Balaban J connectivity index is 1.06. The maximum absolute atomic E-state index is 13.6. The lowest BCUT2D eigenvalue weighted by atomic mass is 10.1. The van der Waals surface area contributed by atoms with Crippen molar-refractivity contribution in [2.24, 2.45) is 0 Å². The molecule has 1 aliphatic heterocycles. The van der Waals surface area contributed by atoms with Gasteiger partial charge in [-0.3, -0.25) is 4.79 Å². The largest absolute Gasteiger partial charge is 0.461 e. The highest BCUT2D eigenvalue weighted by molar-refractivity contribution is 7.17. The monoisotopic (exact) mass is 505 g/mol. The summed E-state index contributed by atoms with van der Waals surface area (Å²) in [5, 5.41) is 6.36. The molecule has 1 fully saturated rings. The number of anilines is 1. The van der Waals surface area contributed by atoms with Crippen molar-refractivity contribution in [3.8, 4) is 11.3 Å². The number of halogens is 1. The van der Waals surface area contributed by atoms with Gasteiger partial charge in [-0.05, 0) is 63.5 Å². The summed E-state index contributed by atoms with van der Waals surface area (Å²) >= 11 is 1.61. The van der Waals surface area contributed by atoms with Crippen molar-refractivity contribution >= 4 is 33.0 Å². The van der Waals surface area contributed by atoms with Gasteiger partial charge in [-0.15, -0.1) is 11.3 Å². The van der Waals surface area contributed by atoms with Gasteiger partial charge in [0.25, 0.3) is 5.91 Å². The third kappa shape index (κ3) is 5.63. The molecule has 0 aliphatic carbocycles. The summed E-state index contributed by atoms with van der Waals surface area (Å²) in [6, 6.07) is 16.8. The molecular weight excluding hydrogens is 473 g/mol. The van der Waals surface area contributed by atoms with Crippen LogP contribution in [0.1, 0.15) is 35.4 Å². The molecule has 2 aromatic carbocycles. The maximum atomic E-state index is 13.6. The number of unbranched alkanes of at least 4 members (excludes halogenated alkanes) is 1. The van der Waals surface area contributed by atoms with Crippen LogP contribution in [0.5, 0.6) is 0 Å². The summed E-state index contributed by atoms with van der Waals surface area (Å²) in [6.07, 6.45) is 3.09. The first kappa shape index (κ1) is 24.5. The Labute approximate surface area is 215 Å². The number of fused-ring (bicyclic) bond motifs is 1. The van der Waals surface area contributed by atoms with Crippen molar-refractivity contribution < 1.29 is 13.6 Å². The molecule has 4 aromatic rings. The molecule has 7 heteroatoms. The number of furan rings is 1. The van der Waals surface area contributed by atoms with Crippen LogP contribution in [0.15, 0.2) is 64.4 Å². The van der Waals surface area contributed by atoms with E-state index >= 15 is 0 Å². The first-order valence-corrected chi connectivity index (χ1v) is 13.5. The van der Waals surface area contributed by atoms with Crippen LogP contribution in [-0.4, -0.2) is 50.1 Å². The van der Waals surface area contributed by atoms with Gasteiger partial charge < -0.3 is 19.5 Å². The van der Waals surface area contributed by atoms with E-state index in [1.807, 2.05) is 49.4 Å². The number of nitrogens with zero attached hydrogens (tertiary/aromatic N) is 2. The molecule has 3 heterocycles. The fraction of sp³-hybridized carbons (Fsp3) is 0.345. The topological polar surface area (TPSA) is 48.7 Å². The predicted octanol–water partition coefficient (Wildman–Crippen LogP) is 6.33. The quantitative estimate of drug-likeness (QED) is 0.284. The van der Waals surface area contributed by atoms with Crippen LogP contribution in [-0.2, 0) is 0 Å². The molecule has 0 unspecified atom stereocenters. The van der Waals surface area contributed by atoms with Crippen molar-refractivity contribution in [3.05, 3.63) is 77.1 Å². The maximum Gasteiger partial charge on any atom is 0.254 e. The second-order valence-corrected chi connectivity index (χ2v) is 10.3. The zero-order chi connectivity index (χ0) is 24.9. The third-order valence-corrected chi connectivity index (χ3v) is 7.79. The van der Waals surface area contributed by atoms with Gasteiger partial charge in [-0.25, -0.2) is 4.39 Å². The summed E-state index contributed by atoms with van der Waals surface area (Å²) in [7, 11) is 0. The normalized spacial score (nSPS) is 14.8. The number of benzene rings is 2. The van der Waals surface area contributed by atoms with Crippen molar-refractivity contribution in [1.82, 2.24) is 10.2 Å². The Morgan fingerprint density at radius 3 is 2.78 bits per heavy atom. The van der Waals surface area contributed by atoms with Crippen LogP contribution in [0.2, 0.25) is 0 Å². The van der Waals surface area contributed by atoms with Gasteiger partial charge in [0.1, 0.15) is 17.3 Å².